The molecule has 0 saturated carbocycles. The summed E-state index contributed by atoms with van der Waals surface area (Å²) < 4.78 is 65.6. The molecule has 1 aromatic carbocycles. The number of rotatable bonds is 5. The van der Waals surface area contributed by atoms with Crippen LogP contribution in [0.2, 0.25) is 0 Å². The van der Waals surface area contributed by atoms with Gasteiger partial charge in [-0.3, -0.25) is 0 Å². The predicted octanol–water partition coefficient (Wildman–Crippen LogP) is 4.48. The first-order valence-corrected chi connectivity index (χ1v) is 5.59. The number of aryl methyl sites for hydroxylation is 1. The summed E-state index contributed by atoms with van der Waals surface area (Å²) >= 11 is 5.44. The van der Waals surface area contributed by atoms with Crippen LogP contribution in [-0.4, -0.2) is 12.5 Å². The second-order valence-corrected chi connectivity index (χ2v) is 3.87. The average Bonchev–Trinajstić information content (AvgIpc) is 2.25. The highest BCUT2D eigenvalue weighted by atomic mass is 35.5. The van der Waals surface area contributed by atoms with Crippen LogP contribution < -0.4 is 4.74 Å². The Balaban J connectivity index is 3.04. The summed E-state index contributed by atoms with van der Waals surface area (Å²) in [5.41, 5.74) is -0.739. The van der Waals surface area contributed by atoms with E-state index < -0.39 is 24.1 Å². The maximum Gasteiger partial charge on any atom is 0.416 e. The zero-order chi connectivity index (χ0) is 13.8. The maximum atomic E-state index is 12.4. The predicted molar refractivity (Wildman–Crippen MR) is 57.1 cm³/mol. The normalized spacial score (nSPS) is 11.9. The Morgan fingerprint density at radius 2 is 1.89 bits per heavy atom. The van der Waals surface area contributed by atoms with E-state index in [1.165, 1.54) is 0 Å². The molecule has 0 aromatic heterocycles. The second kappa shape index (κ2) is 6.22. The topological polar surface area (TPSA) is 9.23 Å². The molecule has 18 heavy (non-hydrogen) atoms. The van der Waals surface area contributed by atoms with E-state index in [1.807, 2.05) is 0 Å². The van der Waals surface area contributed by atoms with Gasteiger partial charge in [0.05, 0.1) is 5.56 Å². The summed E-state index contributed by atoms with van der Waals surface area (Å²) in [5.74, 6) is -0.167. The van der Waals surface area contributed by atoms with Gasteiger partial charge < -0.3 is 4.74 Å². The number of ether oxygens (including phenoxy) is 1. The smallest absolute Gasteiger partial charge is 0.416 e. The summed E-state index contributed by atoms with van der Waals surface area (Å²) in [4.78, 5) is 0. The van der Waals surface area contributed by atoms with Gasteiger partial charge in [0.25, 0.3) is 0 Å². The molecule has 1 aromatic rings. The number of halogens is 6. The summed E-state index contributed by atoms with van der Waals surface area (Å²) in [5, 5.41) is 0. The molecule has 0 aliphatic carbocycles. The highest BCUT2D eigenvalue weighted by Gasteiger charge is 2.31. The van der Waals surface area contributed by atoms with Crippen molar-refractivity contribution in [3.8, 4) is 5.75 Å². The zero-order valence-corrected chi connectivity index (χ0v) is 9.86. The maximum absolute atomic E-state index is 12.4. The van der Waals surface area contributed by atoms with Gasteiger partial charge in [-0.1, -0.05) is 6.07 Å². The third kappa shape index (κ3) is 4.33. The molecule has 0 unspecified atom stereocenters. The van der Waals surface area contributed by atoms with Crippen molar-refractivity contribution in [1.82, 2.24) is 0 Å². The summed E-state index contributed by atoms with van der Waals surface area (Å²) in [6.07, 6.45) is -3.85. The van der Waals surface area contributed by atoms with Gasteiger partial charge in [0, 0.05) is 5.88 Å². The molecule has 0 atom stereocenters. The number of benzene rings is 1. The van der Waals surface area contributed by atoms with Crippen molar-refractivity contribution in [1.29, 1.82) is 0 Å². The molecule has 102 valence electrons. The van der Waals surface area contributed by atoms with Gasteiger partial charge in [0.15, 0.2) is 0 Å². The van der Waals surface area contributed by atoms with Crippen LogP contribution in [0.5, 0.6) is 5.75 Å². The average molecular weight is 289 g/mol. The Bertz CT molecular complexity index is 392. The fourth-order valence-corrected chi connectivity index (χ4v) is 1.53. The number of hydrogen-bond donors (Lipinski definition) is 0. The summed E-state index contributed by atoms with van der Waals surface area (Å²) in [6, 6.07) is 2.55. The molecule has 0 spiro atoms. The van der Waals surface area contributed by atoms with Crippen molar-refractivity contribution in [3.63, 3.8) is 0 Å². The minimum Gasteiger partial charge on any atom is -0.435 e. The van der Waals surface area contributed by atoms with E-state index in [1.54, 1.807) is 0 Å². The number of hydrogen-bond acceptors (Lipinski definition) is 1. The first kappa shape index (κ1) is 15.0. The molecule has 0 saturated heterocycles. The quantitative estimate of drug-likeness (QED) is 0.573. The van der Waals surface area contributed by atoms with Gasteiger partial charge in [-0.05, 0) is 30.5 Å². The van der Waals surface area contributed by atoms with Crippen LogP contribution in [0, 0.1) is 0 Å². The highest BCUT2D eigenvalue weighted by molar-refractivity contribution is 6.17. The van der Waals surface area contributed by atoms with Crippen LogP contribution in [0.3, 0.4) is 0 Å². The Kier molecular flexibility index (Phi) is 5.19. The molecule has 0 amide bonds. The lowest BCUT2D eigenvalue weighted by atomic mass is 10.1. The lowest BCUT2D eigenvalue weighted by Gasteiger charge is -2.13. The van der Waals surface area contributed by atoms with Gasteiger partial charge in [0.1, 0.15) is 5.75 Å². The zero-order valence-electron chi connectivity index (χ0n) is 9.11. The molecule has 0 aliphatic heterocycles. The van der Waals surface area contributed by atoms with Crippen LogP contribution in [0.4, 0.5) is 22.0 Å². The van der Waals surface area contributed by atoms with E-state index in [4.69, 9.17) is 11.6 Å². The second-order valence-electron chi connectivity index (χ2n) is 3.49. The molecule has 0 fully saturated rings. The Labute approximate surface area is 106 Å². The molecule has 1 rings (SSSR count). The van der Waals surface area contributed by atoms with Crippen LogP contribution in [0.1, 0.15) is 17.5 Å². The van der Waals surface area contributed by atoms with Crippen molar-refractivity contribution in [2.24, 2.45) is 0 Å². The number of alkyl halides is 6. The fraction of sp³-hybridized carbons (Fsp3) is 0.455. The lowest BCUT2D eigenvalue weighted by Crippen LogP contribution is -2.09. The van der Waals surface area contributed by atoms with Gasteiger partial charge in [-0.15, -0.1) is 11.6 Å². The summed E-state index contributed by atoms with van der Waals surface area (Å²) in [7, 11) is 0. The lowest BCUT2D eigenvalue weighted by molar-refractivity contribution is -0.138. The molecule has 0 aliphatic rings. The molecular weight excluding hydrogens is 279 g/mol. The molecule has 0 radical (unpaired) electrons. The van der Waals surface area contributed by atoms with Gasteiger partial charge in [-0.25, -0.2) is 0 Å². The Hall–Kier alpha value is -1.04. The first-order valence-electron chi connectivity index (χ1n) is 5.05. The van der Waals surface area contributed by atoms with E-state index in [0.29, 0.717) is 12.5 Å². The third-order valence-corrected chi connectivity index (χ3v) is 2.46. The molecular formula is C11H10ClF5O. The van der Waals surface area contributed by atoms with Crippen molar-refractivity contribution < 1.29 is 26.7 Å². The SMILES string of the molecule is FC(F)Oc1cc(C(F)(F)F)ccc1CCCCl. The van der Waals surface area contributed by atoms with Crippen molar-refractivity contribution in [3.05, 3.63) is 29.3 Å². The fourth-order valence-electron chi connectivity index (χ4n) is 1.40. The monoisotopic (exact) mass is 288 g/mol. The highest BCUT2D eigenvalue weighted by Crippen LogP contribution is 2.34. The van der Waals surface area contributed by atoms with Crippen molar-refractivity contribution >= 4 is 11.6 Å². The molecule has 0 N–H and O–H groups in total. The summed E-state index contributed by atoms with van der Waals surface area (Å²) in [6.45, 7) is -3.16. The molecule has 0 bridgehead atoms. The van der Waals surface area contributed by atoms with Gasteiger partial charge in [0.2, 0.25) is 0 Å². The van der Waals surface area contributed by atoms with Crippen molar-refractivity contribution in [2.75, 3.05) is 5.88 Å². The van der Waals surface area contributed by atoms with E-state index in [-0.39, 0.29) is 17.9 Å². The van der Waals surface area contributed by atoms with E-state index in [9.17, 15) is 22.0 Å². The van der Waals surface area contributed by atoms with Crippen molar-refractivity contribution in [2.45, 2.75) is 25.6 Å². The minimum absolute atomic E-state index is 0.281. The van der Waals surface area contributed by atoms with Crippen LogP contribution >= 0.6 is 11.6 Å². The first-order chi connectivity index (χ1) is 8.34. The van der Waals surface area contributed by atoms with Crippen LogP contribution in [0.25, 0.3) is 0 Å². The minimum atomic E-state index is -4.59. The standard InChI is InChI=1S/C11H10ClF5O/c12-5-1-2-7-3-4-8(11(15,16)17)6-9(7)18-10(13)14/h3-4,6,10H,1-2,5H2. The van der Waals surface area contributed by atoms with E-state index in [0.717, 1.165) is 12.1 Å². The molecule has 0 heterocycles. The largest absolute Gasteiger partial charge is 0.435 e. The van der Waals surface area contributed by atoms with Crippen LogP contribution in [-0.2, 0) is 12.6 Å². The Morgan fingerprint density at radius 3 is 2.39 bits per heavy atom. The van der Waals surface area contributed by atoms with Gasteiger partial charge in [-0.2, -0.15) is 22.0 Å². The Morgan fingerprint density at radius 1 is 1.22 bits per heavy atom. The molecule has 7 heteroatoms. The molecule has 1 nitrogen and oxygen atoms in total. The third-order valence-electron chi connectivity index (χ3n) is 2.19. The van der Waals surface area contributed by atoms with Gasteiger partial charge >= 0.3 is 12.8 Å². The van der Waals surface area contributed by atoms with Crippen LogP contribution in [0.15, 0.2) is 18.2 Å². The van der Waals surface area contributed by atoms with E-state index >= 15 is 0 Å². The van der Waals surface area contributed by atoms with E-state index in [2.05, 4.69) is 4.74 Å².